The molecule has 0 aliphatic rings. The maximum absolute atomic E-state index is 5.84. The van der Waals surface area contributed by atoms with E-state index < -0.39 is 0 Å². The summed E-state index contributed by atoms with van der Waals surface area (Å²) in [6.07, 6.45) is 3.72. The van der Waals surface area contributed by atoms with Crippen LogP contribution in [0.3, 0.4) is 0 Å². The number of allylic oxidation sites excluding steroid dienone is 1. The standard InChI is InChI=1S/C9H19N3O/c1-7(6-11-3)9(10)5-8(2)13-12-4/h5-6,9,11-12H,10H2,1-4H3/b7-6+,8-5+. The fourth-order valence-corrected chi connectivity index (χ4v) is 0.903. The second-order valence-electron chi connectivity index (χ2n) is 2.79. The van der Waals surface area contributed by atoms with Crippen LogP contribution in [0.5, 0.6) is 0 Å². The smallest absolute Gasteiger partial charge is 0.119 e. The molecule has 0 saturated heterocycles. The summed E-state index contributed by atoms with van der Waals surface area (Å²) < 4.78 is 0. The molecule has 0 spiro atoms. The Hall–Kier alpha value is -1.00. The van der Waals surface area contributed by atoms with Gasteiger partial charge in [0, 0.05) is 20.1 Å². The first-order chi connectivity index (χ1) is 6.11. The number of rotatable bonds is 5. The van der Waals surface area contributed by atoms with Crippen molar-refractivity contribution in [2.75, 3.05) is 14.1 Å². The third-order valence-corrected chi connectivity index (χ3v) is 1.58. The molecule has 0 aromatic rings. The summed E-state index contributed by atoms with van der Waals surface area (Å²) in [6.45, 7) is 3.81. The molecule has 13 heavy (non-hydrogen) atoms. The zero-order chi connectivity index (χ0) is 10.3. The van der Waals surface area contributed by atoms with Crippen molar-refractivity contribution in [1.82, 2.24) is 10.8 Å². The maximum atomic E-state index is 5.84. The maximum Gasteiger partial charge on any atom is 0.119 e. The first kappa shape index (κ1) is 12.0. The van der Waals surface area contributed by atoms with Crippen molar-refractivity contribution in [2.45, 2.75) is 19.9 Å². The molecule has 0 aliphatic heterocycles. The summed E-state index contributed by atoms with van der Waals surface area (Å²) in [6, 6.07) is -0.110. The molecule has 0 bridgehead atoms. The van der Waals surface area contributed by atoms with E-state index in [0.717, 1.165) is 11.3 Å². The molecule has 4 N–H and O–H groups in total. The van der Waals surface area contributed by atoms with E-state index in [1.165, 1.54) is 0 Å². The average molecular weight is 185 g/mol. The molecule has 0 fully saturated rings. The predicted octanol–water partition coefficient (Wildman–Crippen LogP) is 0.492. The Morgan fingerprint density at radius 1 is 1.38 bits per heavy atom. The van der Waals surface area contributed by atoms with Gasteiger partial charge in [-0.2, -0.15) is 5.48 Å². The van der Waals surface area contributed by atoms with E-state index in [0.29, 0.717) is 0 Å². The number of hydrogen-bond donors (Lipinski definition) is 3. The number of nitrogens with one attached hydrogen (secondary N) is 2. The molecule has 0 heterocycles. The lowest BCUT2D eigenvalue weighted by atomic mass is 10.1. The summed E-state index contributed by atoms with van der Waals surface area (Å²) in [5.41, 5.74) is 9.48. The van der Waals surface area contributed by atoms with Gasteiger partial charge < -0.3 is 15.9 Å². The molecular weight excluding hydrogens is 166 g/mol. The van der Waals surface area contributed by atoms with Crippen LogP contribution in [0.1, 0.15) is 13.8 Å². The van der Waals surface area contributed by atoms with Crippen LogP contribution >= 0.6 is 0 Å². The third-order valence-electron chi connectivity index (χ3n) is 1.58. The SMILES string of the molecule is CN/C=C(\C)C(N)/C=C(\C)ONC. The Kier molecular flexibility index (Phi) is 6.01. The second kappa shape index (κ2) is 6.51. The highest BCUT2D eigenvalue weighted by Crippen LogP contribution is 2.02. The molecule has 4 nitrogen and oxygen atoms in total. The van der Waals surface area contributed by atoms with Gasteiger partial charge in [-0.25, -0.2) is 0 Å². The summed E-state index contributed by atoms with van der Waals surface area (Å²) in [7, 11) is 3.55. The van der Waals surface area contributed by atoms with Crippen molar-refractivity contribution < 1.29 is 4.84 Å². The number of hydroxylamine groups is 1. The molecule has 0 aliphatic carbocycles. The lowest BCUT2D eigenvalue weighted by Gasteiger charge is -2.09. The van der Waals surface area contributed by atoms with Gasteiger partial charge in [0.15, 0.2) is 0 Å². The fraction of sp³-hybridized carbons (Fsp3) is 0.556. The number of hydrogen-bond acceptors (Lipinski definition) is 4. The number of nitrogens with two attached hydrogens (primary N) is 1. The lowest BCUT2D eigenvalue weighted by molar-refractivity contribution is 0.127. The zero-order valence-electron chi connectivity index (χ0n) is 8.72. The van der Waals surface area contributed by atoms with Gasteiger partial charge >= 0.3 is 0 Å². The van der Waals surface area contributed by atoms with Crippen LogP contribution in [0.25, 0.3) is 0 Å². The van der Waals surface area contributed by atoms with Crippen LogP contribution in [0.4, 0.5) is 0 Å². The Morgan fingerprint density at radius 3 is 2.46 bits per heavy atom. The van der Waals surface area contributed by atoms with E-state index in [4.69, 9.17) is 10.6 Å². The highest BCUT2D eigenvalue weighted by atomic mass is 16.6. The molecule has 0 rings (SSSR count). The molecule has 1 atom stereocenters. The van der Waals surface area contributed by atoms with Crippen molar-refractivity contribution in [1.29, 1.82) is 0 Å². The first-order valence-corrected chi connectivity index (χ1v) is 4.23. The molecule has 1 unspecified atom stereocenters. The minimum absolute atomic E-state index is 0.110. The topological polar surface area (TPSA) is 59.3 Å². The van der Waals surface area contributed by atoms with Gasteiger partial charge in [-0.15, -0.1) is 0 Å². The summed E-state index contributed by atoms with van der Waals surface area (Å²) >= 11 is 0. The van der Waals surface area contributed by atoms with Crippen LogP contribution in [-0.2, 0) is 4.84 Å². The van der Waals surface area contributed by atoms with Crippen LogP contribution in [-0.4, -0.2) is 20.1 Å². The highest BCUT2D eigenvalue weighted by Gasteiger charge is 2.01. The summed E-state index contributed by atoms with van der Waals surface area (Å²) in [4.78, 5) is 5.02. The van der Waals surface area contributed by atoms with Crippen molar-refractivity contribution in [3.05, 3.63) is 23.6 Å². The van der Waals surface area contributed by atoms with Crippen LogP contribution in [0.15, 0.2) is 23.6 Å². The van der Waals surface area contributed by atoms with Crippen LogP contribution in [0, 0.1) is 0 Å². The summed E-state index contributed by atoms with van der Waals surface area (Å²) in [5.74, 6) is 0.763. The zero-order valence-corrected chi connectivity index (χ0v) is 8.72. The van der Waals surface area contributed by atoms with Gasteiger partial charge in [-0.1, -0.05) is 0 Å². The predicted molar refractivity (Wildman–Crippen MR) is 54.7 cm³/mol. The minimum Gasteiger partial charge on any atom is -0.414 e. The van der Waals surface area contributed by atoms with Gasteiger partial charge in [-0.3, -0.25) is 0 Å². The minimum atomic E-state index is -0.110. The van der Waals surface area contributed by atoms with E-state index in [-0.39, 0.29) is 6.04 Å². The Bertz CT molecular complexity index is 199. The highest BCUT2D eigenvalue weighted by molar-refractivity contribution is 5.15. The lowest BCUT2D eigenvalue weighted by Crippen LogP contribution is -2.21. The molecule has 0 radical (unpaired) electrons. The van der Waals surface area contributed by atoms with E-state index in [9.17, 15) is 0 Å². The molecule has 0 amide bonds. The Labute approximate surface area is 79.8 Å². The van der Waals surface area contributed by atoms with E-state index in [2.05, 4.69) is 10.8 Å². The van der Waals surface area contributed by atoms with Crippen LogP contribution in [0.2, 0.25) is 0 Å². The fourth-order valence-electron chi connectivity index (χ4n) is 0.903. The molecule has 0 aromatic heterocycles. The normalized spacial score (nSPS) is 15.5. The van der Waals surface area contributed by atoms with Gasteiger partial charge in [0.25, 0.3) is 0 Å². The van der Waals surface area contributed by atoms with Crippen molar-refractivity contribution in [3.8, 4) is 0 Å². The third kappa shape index (κ3) is 5.27. The molecule has 4 heteroatoms. The Balaban J connectivity index is 4.18. The molecule has 0 saturated carbocycles. The van der Waals surface area contributed by atoms with Crippen LogP contribution < -0.4 is 16.5 Å². The molecule has 76 valence electrons. The average Bonchev–Trinajstić information content (AvgIpc) is 2.05. The van der Waals surface area contributed by atoms with Gasteiger partial charge in [0.1, 0.15) is 5.76 Å². The molecule has 0 aromatic carbocycles. The Morgan fingerprint density at radius 2 is 2.00 bits per heavy atom. The molecular formula is C9H19N3O. The van der Waals surface area contributed by atoms with Gasteiger partial charge in [0.05, 0.1) is 0 Å². The quantitative estimate of drug-likeness (QED) is 0.431. The second-order valence-corrected chi connectivity index (χ2v) is 2.79. The van der Waals surface area contributed by atoms with Gasteiger partial charge in [-0.05, 0) is 31.7 Å². The van der Waals surface area contributed by atoms with E-state index in [1.54, 1.807) is 7.05 Å². The van der Waals surface area contributed by atoms with E-state index in [1.807, 2.05) is 33.2 Å². The van der Waals surface area contributed by atoms with Crippen molar-refractivity contribution >= 4 is 0 Å². The van der Waals surface area contributed by atoms with E-state index >= 15 is 0 Å². The van der Waals surface area contributed by atoms with Crippen molar-refractivity contribution in [2.24, 2.45) is 5.73 Å². The first-order valence-electron chi connectivity index (χ1n) is 4.23. The van der Waals surface area contributed by atoms with Crippen molar-refractivity contribution in [3.63, 3.8) is 0 Å². The van der Waals surface area contributed by atoms with Gasteiger partial charge in [0.2, 0.25) is 0 Å². The monoisotopic (exact) mass is 185 g/mol. The largest absolute Gasteiger partial charge is 0.414 e. The summed E-state index contributed by atoms with van der Waals surface area (Å²) in [5, 5.41) is 2.93.